The summed E-state index contributed by atoms with van der Waals surface area (Å²) in [6.07, 6.45) is 1.74. The lowest BCUT2D eigenvalue weighted by Crippen LogP contribution is -2.45. The molecule has 0 aliphatic carbocycles. The van der Waals surface area contributed by atoms with Crippen LogP contribution < -0.4 is 10.0 Å². The highest BCUT2D eigenvalue weighted by Gasteiger charge is 2.23. The van der Waals surface area contributed by atoms with Gasteiger partial charge in [0.25, 0.3) is 0 Å². The number of nitriles is 1. The van der Waals surface area contributed by atoms with Gasteiger partial charge in [0.15, 0.2) is 0 Å². The Morgan fingerprint density at radius 2 is 2.26 bits per heavy atom. The molecule has 0 unspecified atom stereocenters. The fraction of sp³-hybridized carbons (Fsp3) is 0.417. The molecule has 1 saturated heterocycles. The van der Waals surface area contributed by atoms with Gasteiger partial charge in [0, 0.05) is 12.6 Å². The third kappa shape index (κ3) is 3.45. The fourth-order valence-corrected chi connectivity index (χ4v) is 3.84. The average Bonchev–Trinajstić information content (AvgIpc) is 2.38. The van der Waals surface area contributed by atoms with E-state index in [-0.39, 0.29) is 16.0 Å². The van der Waals surface area contributed by atoms with Gasteiger partial charge in [-0.2, -0.15) is 5.26 Å². The summed E-state index contributed by atoms with van der Waals surface area (Å²) >= 11 is 5.92. The lowest BCUT2D eigenvalue weighted by molar-refractivity contribution is 0.428. The van der Waals surface area contributed by atoms with Crippen LogP contribution in [0.4, 0.5) is 0 Å². The van der Waals surface area contributed by atoms with Crippen LogP contribution in [0.3, 0.4) is 0 Å². The summed E-state index contributed by atoms with van der Waals surface area (Å²) in [7, 11) is -3.65. The first kappa shape index (κ1) is 14.3. The monoisotopic (exact) mass is 299 g/mol. The molecule has 5 nitrogen and oxygen atoms in total. The van der Waals surface area contributed by atoms with Crippen LogP contribution in [0.5, 0.6) is 0 Å². The van der Waals surface area contributed by atoms with Crippen molar-refractivity contribution in [3.05, 3.63) is 28.8 Å². The number of sulfonamides is 1. The summed E-state index contributed by atoms with van der Waals surface area (Å²) in [6, 6.07) is 5.96. The molecule has 102 valence electrons. The third-order valence-corrected chi connectivity index (χ3v) is 4.97. The lowest BCUT2D eigenvalue weighted by Gasteiger charge is -2.23. The van der Waals surface area contributed by atoms with Crippen molar-refractivity contribution in [3.8, 4) is 6.07 Å². The molecule has 19 heavy (non-hydrogen) atoms. The van der Waals surface area contributed by atoms with Crippen LogP contribution in [0, 0.1) is 11.3 Å². The van der Waals surface area contributed by atoms with Gasteiger partial charge in [-0.15, -0.1) is 0 Å². The van der Waals surface area contributed by atoms with Crippen molar-refractivity contribution in [2.75, 3.05) is 13.1 Å². The summed E-state index contributed by atoms with van der Waals surface area (Å²) in [4.78, 5) is 0.0127. The van der Waals surface area contributed by atoms with Crippen molar-refractivity contribution in [1.29, 1.82) is 5.26 Å². The van der Waals surface area contributed by atoms with Crippen LogP contribution in [0.15, 0.2) is 23.1 Å². The summed E-state index contributed by atoms with van der Waals surface area (Å²) < 4.78 is 27.1. The highest BCUT2D eigenvalue weighted by atomic mass is 35.5. The highest BCUT2D eigenvalue weighted by molar-refractivity contribution is 7.89. The largest absolute Gasteiger partial charge is 0.315 e. The van der Waals surface area contributed by atoms with Gasteiger partial charge in [-0.25, -0.2) is 13.1 Å². The predicted molar refractivity (Wildman–Crippen MR) is 72.4 cm³/mol. The molecule has 2 rings (SSSR count). The molecule has 7 heteroatoms. The SMILES string of the molecule is N#Cc1ccc(S(=O)(=O)N[C@@H]2CCCNC2)c(Cl)c1. The van der Waals surface area contributed by atoms with E-state index in [4.69, 9.17) is 16.9 Å². The Kier molecular flexibility index (Phi) is 4.42. The third-order valence-electron chi connectivity index (χ3n) is 2.97. The number of hydrogen-bond acceptors (Lipinski definition) is 4. The van der Waals surface area contributed by atoms with E-state index in [0.29, 0.717) is 12.1 Å². The van der Waals surface area contributed by atoms with E-state index in [1.807, 2.05) is 6.07 Å². The highest BCUT2D eigenvalue weighted by Crippen LogP contribution is 2.23. The van der Waals surface area contributed by atoms with Gasteiger partial charge in [0.1, 0.15) is 4.90 Å². The van der Waals surface area contributed by atoms with Crippen LogP contribution in [0.2, 0.25) is 5.02 Å². The van der Waals surface area contributed by atoms with E-state index in [1.54, 1.807) is 0 Å². The van der Waals surface area contributed by atoms with Gasteiger partial charge in [0.2, 0.25) is 10.0 Å². The van der Waals surface area contributed by atoms with Crippen molar-refractivity contribution in [2.24, 2.45) is 0 Å². The predicted octanol–water partition coefficient (Wildman–Crippen LogP) is 1.24. The Morgan fingerprint density at radius 1 is 1.47 bits per heavy atom. The molecule has 0 radical (unpaired) electrons. The first-order valence-electron chi connectivity index (χ1n) is 5.95. The van der Waals surface area contributed by atoms with Crippen LogP contribution >= 0.6 is 11.6 Å². The maximum atomic E-state index is 12.2. The second-order valence-corrected chi connectivity index (χ2v) is 6.51. The van der Waals surface area contributed by atoms with E-state index >= 15 is 0 Å². The number of benzene rings is 1. The first-order chi connectivity index (χ1) is 9.03. The normalized spacial score (nSPS) is 19.9. The Balaban J connectivity index is 2.22. The zero-order valence-corrected chi connectivity index (χ0v) is 11.8. The van der Waals surface area contributed by atoms with E-state index in [2.05, 4.69) is 10.0 Å². The van der Waals surface area contributed by atoms with Gasteiger partial charge >= 0.3 is 0 Å². The van der Waals surface area contributed by atoms with E-state index < -0.39 is 10.0 Å². The summed E-state index contributed by atoms with van der Waals surface area (Å²) in [5.41, 5.74) is 0.336. The molecule has 1 aliphatic heterocycles. The molecule has 0 amide bonds. The standard InChI is InChI=1S/C12H14ClN3O2S/c13-11-6-9(7-14)3-4-12(11)19(17,18)16-10-2-1-5-15-8-10/h3-4,6,10,15-16H,1-2,5,8H2/t10-/m1/s1. The molecular weight excluding hydrogens is 286 g/mol. The molecule has 1 fully saturated rings. The Bertz CT molecular complexity index is 604. The molecule has 0 bridgehead atoms. The van der Waals surface area contributed by atoms with Gasteiger partial charge < -0.3 is 5.32 Å². The molecule has 0 aromatic heterocycles. The number of rotatable bonds is 3. The number of halogens is 1. The molecule has 0 spiro atoms. The molecule has 1 heterocycles. The van der Waals surface area contributed by atoms with Gasteiger partial charge in [0.05, 0.1) is 16.7 Å². The van der Waals surface area contributed by atoms with Gasteiger partial charge in [-0.1, -0.05) is 11.6 Å². The average molecular weight is 300 g/mol. The summed E-state index contributed by atoms with van der Waals surface area (Å²) in [6.45, 7) is 1.53. The fourth-order valence-electron chi connectivity index (χ4n) is 2.02. The number of nitrogens with zero attached hydrogens (tertiary/aromatic N) is 1. The minimum Gasteiger partial charge on any atom is -0.315 e. The minimum absolute atomic E-state index is 0.0127. The van der Waals surface area contributed by atoms with Crippen molar-refractivity contribution < 1.29 is 8.42 Å². The topological polar surface area (TPSA) is 82.0 Å². The number of piperidine rings is 1. The van der Waals surface area contributed by atoms with Crippen molar-refractivity contribution >= 4 is 21.6 Å². The van der Waals surface area contributed by atoms with Crippen molar-refractivity contribution in [2.45, 2.75) is 23.8 Å². The second-order valence-electron chi connectivity index (χ2n) is 4.42. The first-order valence-corrected chi connectivity index (χ1v) is 7.82. The molecular formula is C12H14ClN3O2S. The maximum absolute atomic E-state index is 12.2. The van der Waals surface area contributed by atoms with Crippen molar-refractivity contribution in [3.63, 3.8) is 0 Å². The number of nitrogens with one attached hydrogen (secondary N) is 2. The van der Waals surface area contributed by atoms with Crippen LogP contribution in [-0.2, 0) is 10.0 Å². The van der Waals surface area contributed by atoms with Crippen LogP contribution in [-0.4, -0.2) is 27.5 Å². The molecule has 0 saturated carbocycles. The van der Waals surface area contributed by atoms with Crippen LogP contribution in [0.25, 0.3) is 0 Å². The molecule has 1 aromatic rings. The van der Waals surface area contributed by atoms with Gasteiger partial charge in [-0.3, -0.25) is 0 Å². The quantitative estimate of drug-likeness (QED) is 0.880. The molecule has 1 aliphatic rings. The second kappa shape index (κ2) is 5.88. The van der Waals surface area contributed by atoms with E-state index in [9.17, 15) is 8.42 Å². The minimum atomic E-state index is -3.65. The van der Waals surface area contributed by atoms with E-state index in [1.165, 1.54) is 18.2 Å². The molecule has 2 N–H and O–H groups in total. The smallest absolute Gasteiger partial charge is 0.242 e. The van der Waals surface area contributed by atoms with Crippen molar-refractivity contribution in [1.82, 2.24) is 10.0 Å². The lowest BCUT2D eigenvalue weighted by atomic mass is 10.1. The molecule has 1 aromatic carbocycles. The summed E-state index contributed by atoms with van der Waals surface area (Å²) in [5, 5.41) is 11.9. The Morgan fingerprint density at radius 3 is 2.84 bits per heavy atom. The Hall–Kier alpha value is -1.13. The molecule has 1 atom stereocenters. The maximum Gasteiger partial charge on any atom is 0.242 e. The number of hydrogen-bond donors (Lipinski definition) is 2. The van der Waals surface area contributed by atoms with E-state index in [0.717, 1.165) is 19.4 Å². The summed E-state index contributed by atoms with van der Waals surface area (Å²) in [5.74, 6) is 0. The zero-order valence-electron chi connectivity index (χ0n) is 10.2. The van der Waals surface area contributed by atoms with Crippen LogP contribution in [0.1, 0.15) is 18.4 Å². The zero-order chi connectivity index (χ0) is 13.9. The van der Waals surface area contributed by atoms with Gasteiger partial charge in [-0.05, 0) is 37.6 Å². The Labute approximate surface area is 117 Å².